The summed E-state index contributed by atoms with van der Waals surface area (Å²) in [5.41, 5.74) is 0.740. The van der Waals surface area contributed by atoms with Crippen molar-refractivity contribution in [2.24, 2.45) is 4.99 Å². The summed E-state index contributed by atoms with van der Waals surface area (Å²) in [7, 11) is 1.52. The van der Waals surface area contributed by atoms with E-state index in [2.05, 4.69) is 17.2 Å². The Morgan fingerprint density at radius 3 is 3.00 bits per heavy atom. The van der Waals surface area contributed by atoms with Crippen molar-refractivity contribution in [3.05, 3.63) is 24.0 Å². The van der Waals surface area contributed by atoms with Crippen LogP contribution in [0.15, 0.2) is 23.2 Å². The van der Waals surface area contributed by atoms with Gasteiger partial charge in [-0.1, -0.05) is 11.8 Å². The van der Waals surface area contributed by atoms with Crippen molar-refractivity contribution in [1.82, 2.24) is 0 Å². The summed E-state index contributed by atoms with van der Waals surface area (Å²) in [4.78, 5) is 4.40. The molecule has 1 N–H and O–H groups in total. The maximum absolute atomic E-state index is 13.0. The predicted molar refractivity (Wildman–Crippen MR) is 65.9 cm³/mol. The monoisotopic (exact) mass is 240 g/mol. The number of hydrogen-bond donors (Lipinski definition) is 1. The fraction of sp³-hybridized carbons (Fsp3) is 0.364. The zero-order valence-corrected chi connectivity index (χ0v) is 9.97. The number of ether oxygens (including phenoxy) is 1. The van der Waals surface area contributed by atoms with Gasteiger partial charge in [-0.25, -0.2) is 4.39 Å². The van der Waals surface area contributed by atoms with Crippen LogP contribution in [0, 0.1) is 5.82 Å². The lowest BCUT2D eigenvalue weighted by atomic mass is 10.3. The molecule has 0 bridgehead atoms. The van der Waals surface area contributed by atoms with E-state index < -0.39 is 0 Å². The number of hydrogen-bond acceptors (Lipinski definition) is 4. The zero-order valence-electron chi connectivity index (χ0n) is 9.16. The second-order valence-electron chi connectivity index (χ2n) is 3.56. The Hall–Kier alpha value is -1.23. The molecule has 0 saturated carbocycles. The van der Waals surface area contributed by atoms with Crippen LogP contribution in [0.5, 0.6) is 5.75 Å². The average molecular weight is 240 g/mol. The normalized spacial score (nSPS) is 19.4. The van der Waals surface area contributed by atoms with Crippen LogP contribution in [0.2, 0.25) is 0 Å². The van der Waals surface area contributed by atoms with Gasteiger partial charge in [0.25, 0.3) is 0 Å². The van der Waals surface area contributed by atoms with Gasteiger partial charge in [-0.05, 0) is 19.1 Å². The van der Waals surface area contributed by atoms with E-state index in [1.807, 2.05) is 0 Å². The number of aliphatic imine (C=N–C) groups is 1. The number of benzene rings is 1. The van der Waals surface area contributed by atoms with Gasteiger partial charge >= 0.3 is 0 Å². The molecule has 1 heterocycles. The van der Waals surface area contributed by atoms with Crippen molar-refractivity contribution in [1.29, 1.82) is 0 Å². The third-order valence-electron chi connectivity index (χ3n) is 2.20. The van der Waals surface area contributed by atoms with Crippen LogP contribution in [0.25, 0.3) is 0 Å². The molecule has 0 aromatic heterocycles. The molecule has 1 unspecified atom stereocenters. The molecule has 1 aliphatic heterocycles. The standard InChI is InChI=1S/C11H13FN2OS/c1-7-6-16-11(13-7)14-9-4-3-8(12)5-10(9)15-2/h3-5,7H,6H2,1-2H3,(H,13,14). The highest BCUT2D eigenvalue weighted by atomic mass is 32.2. The number of rotatable bonds is 2. The number of thioether (sulfide) groups is 1. The number of anilines is 1. The summed E-state index contributed by atoms with van der Waals surface area (Å²) in [5, 5.41) is 4.00. The first-order chi connectivity index (χ1) is 7.69. The fourth-order valence-electron chi connectivity index (χ4n) is 1.43. The van der Waals surface area contributed by atoms with Gasteiger partial charge in [0.1, 0.15) is 11.6 Å². The zero-order chi connectivity index (χ0) is 11.5. The molecule has 0 spiro atoms. The molecule has 1 aromatic rings. The van der Waals surface area contributed by atoms with Crippen LogP contribution in [0.4, 0.5) is 10.1 Å². The Morgan fingerprint density at radius 2 is 2.38 bits per heavy atom. The first-order valence-corrected chi connectivity index (χ1v) is 5.99. The third-order valence-corrected chi connectivity index (χ3v) is 3.33. The van der Waals surface area contributed by atoms with E-state index >= 15 is 0 Å². The number of nitrogens with zero attached hydrogens (tertiary/aromatic N) is 1. The Labute approximate surface area is 98.1 Å². The van der Waals surface area contributed by atoms with Crippen molar-refractivity contribution < 1.29 is 9.13 Å². The lowest BCUT2D eigenvalue weighted by Crippen LogP contribution is -2.06. The second-order valence-corrected chi connectivity index (χ2v) is 4.57. The minimum Gasteiger partial charge on any atom is -0.494 e. The number of halogens is 1. The third kappa shape index (κ3) is 2.47. The van der Waals surface area contributed by atoms with Gasteiger partial charge in [0, 0.05) is 11.8 Å². The second kappa shape index (κ2) is 4.74. The van der Waals surface area contributed by atoms with Crippen LogP contribution >= 0.6 is 11.8 Å². The molecule has 86 valence electrons. The summed E-state index contributed by atoms with van der Waals surface area (Å²) in [5.74, 6) is 1.16. The van der Waals surface area contributed by atoms with Crippen LogP contribution < -0.4 is 10.1 Å². The van der Waals surface area contributed by atoms with Gasteiger partial charge < -0.3 is 10.1 Å². The minimum atomic E-state index is -0.309. The van der Waals surface area contributed by atoms with Gasteiger partial charge in [-0.15, -0.1) is 0 Å². The van der Waals surface area contributed by atoms with Crippen molar-refractivity contribution in [2.75, 3.05) is 18.2 Å². The van der Waals surface area contributed by atoms with Gasteiger partial charge in [0.15, 0.2) is 5.17 Å². The highest BCUT2D eigenvalue weighted by Gasteiger charge is 2.15. The Balaban J connectivity index is 2.18. The first kappa shape index (κ1) is 11.3. The van der Waals surface area contributed by atoms with Crippen molar-refractivity contribution in [3.8, 4) is 5.75 Å². The Morgan fingerprint density at radius 1 is 1.56 bits per heavy atom. The molecule has 1 aliphatic rings. The van der Waals surface area contributed by atoms with Crippen LogP contribution in [-0.2, 0) is 0 Å². The van der Waals surface area contributed by atoms with Crippen LogP contribution in [0.1, 0.15) is 6.92 Å². The molecule has 5 heteroatoms. The van der Waals surface area contributed by atoms with Gasteiger partial charge in [-0.3, -0.25) is 4.99 Å². The summed E-state index contributed by atoms with van der Waals surface area (Å²) < 4.78 is 18.1. The summed E-state index contributed by atoms with van der Waals surface area (Å²) in [6.45, 7) is 2.06. The van der Waals surface area contributed by atoms with E-state index in [4.69, 9.17) is 4.74 Å². The molecule has 0 aliphatic carbocycles. The molecular weight excluding hydrogens is 227 g/mol. The number of nitrogens with one attached hydrogen (secondary N) is 1. The highest BCUT2D eigenvalue weighted by Crippen LogP contribution is 2.27. The van der Waals surface area contributed by atoms with Crippen LogP contribution in [0.3, 0.4) is 0 Å². The molecule has 2 rings (SSSR count). The Bertz CT molecular complexity index is 422. The summed E-state index contributed by atoms with van der Waals surface area (Å²) in [6, 6.07) is 4.74. The largest absolute Gasteiger partial charge is 0.494 e. The van der Waals surface area contributed by atoms with E-state index in [0.29, 0.717) is 11.8 Å². The summed E-state index contributed by atoms with van der Waals surface area (Å²) in [6.07, 6.45) is 0. The predicted octanol–water partition coefficient (Wildman–Crippen LogP) is 2.74. The van der Waals surface area contributed by atoms with E-state index in [0.717, 1.165) is 16.6 Å². The van der Waals surface area contributed by atoms with E-state index in [1.54, 1.807) is 17.8 Å². The highest BCUT2D eigenvalue weighted by molar-refractivity contribution is 8.14. The topological polar surface area (TPSA) is 33.6 Å². The van der Waals surface area contributed by atoms with Gasteiger partial charge in [-0.2, -0.15) is 0 Å². The molecule has 0 radical (unpaired) electrons. The van der Waals surface area contributed by atoms with E-state index in [9.17, 15) is 4.39 Å². The Kier molecular flexibility index (Phi) is 3.33. The van der Waals surface area contributed by atoms with Crippen molar-refractivity contribution in [2.45, 2.75) is 13.0 Å². The van der Waals surface area contributed by atoms with Crippen molar-refractivity contribution >= 4 is 22.6 Å². The fourth-order valence-corrected chi connectivity index (χ4v) is 2.34. The van der Waals surface area contributed by atoms with Gasteiger partial charge in [0.2, 0.25) is 0 Å². The van der Waals surface area contributed by atoms with Gasteiger partial charge in [0.05, 0.1) is 18.8 Å². The quantitative estimate of drug-likeness (QED) is 0.863. The molecular formula is C11H13FN2OS. The van der Waals surface area contributed by atoms with Crippen LogP contribution in [-0.4, -0.2) is 24.1 Å². The summed E-state index contributed by atoms with van der Waals surface area (Å²) >= 11 is 1.66. The SMILES string of the molecule is COc1cc(F)ccc1NC1=NC(C)CS1. The number of methoxy groups -OCH3 is 1. The molecule has 16 heavy (non-hydrogen) atoms. The van der Waals surface area contributed by atoms with Crippen molar-refractivity contribution in [3.63, 3.8) is 0 Å². The smallest absolute Gasteiger partial charge is 0.161 e. The first-order valence-electron chi connectivity index (χ1n) is 5.00. The minimum absolute atomic E-state index is 0.309. The van der Waals surface area contributed by atoms with E-state index in [-0.39, 0.29) is 5.82 Å². The lowest BCUT2D eigenvalue weighted by Gasteiger charge is -2.10. The molecule has 3 nitrogen and oxygen atoms in total. The average Bonchev–Trinajstić information content (AvgIpc) is 2.67. The lowest BCUT2D eigenvalue weighted by molar-refractivity contribution is 0.413. The molecule has 1 aromatic carbocycles. The number of amidine groups is 1. The maximum Gasteiger partial charge on any atom is 0.161 e. The molecule has 0 fully saturated rings. The molecule has 1 atom stereocenters. The molecule has 0 saturated heterocycles. The van der Waals surface area contributed by atoms with E-state index in [1.165, 1.54) is 19.2 Å². The maximum atomic E-state index is 13.0. The molecule has 0 amide bonds.